The first-order chi connectivity index (χ1) is 7.93. The molecule has 0 aromatic heterocycles. The maximum Gasteiger partial charge on any atom is 0.331 e. The Balaban J connectivity index is 4.65. The minimum Gasteiger partial charge on any atom is -0.478 e. The maximum absolute atomic E-state index is 11.6. The molecule has 2 N–H and O–H groups in total. The molecule has 2 amide bonds. The summed E-state index contributed by atoms with van der Waals surface area (Å²) in [6, 6.07) is -0.285. The van der Waals surface area contributed by atoms with Gasteiger partial charge in [0.1, 0.15) is 0 Å². The van der Waals surface area contributed by atoms with Crippen LogP contribution in [0.15, 0.2) is 11.6 Å². The smallest absolute Gasteiger partial charge is 0.331 e. The van der Waals surface area contributed by atoms with Crippen LogP contribution in [0.4, 0.5) is 0 Å². The van der Waals surface area contributed by atoms with Gasteiger partial charge in [-0.2, -0.15) is 0 Å². The SMILES string of the molecule is CC[C@@H](/C=C(\C)C(=O)O)N(C)C(=O)CNC=O. The van der Waals surface area contributed by atoms with Gasteiger partial charge >= 0.3 is 5.97 Å². The first-order valence-corrected chi connectivity index (χ1v) is 5.28. The number of carbonyl (C=O) groups is 3. The molecule has 6 heteroatoms. The number of carboxylic acids is 1. The molecule has 0 heterocycles. The molecule has 0 aliphatic heterocycles. The van der Waals surface area contributed by atoms with Crippen LogP contribution in [-0.2, 0) is 14.4 Å². The average Bonchev–Trinajstić information content (AvgIpc) is 2.31. The Morgan fingerprint density at radius 3 is 2.47 bits per heavy atom. The number of hydrogen-bond donors (Lipinski definition) is 2. The van der Waals surface area contributed by atoms with Crippen molar-refractivity contribution in [2.24, 2.45) is 0 Å². The van der Waals surface area contributed by atoms with Gasteiger partial charge in [-0.25, -0.2) is 4.79 Å². The van der Waals surface area contributed by atoms with E-state index in [1.54, 1.807) is 7.05 Å². The van der Waals surface area contributed by atoms with Gasteiger partial charge in [-0.15, -0.1) is 0 Å². The van der Waals surface area contributed by atoms with E-state index in [1.807, 2.05) is 6.92 Å². The normalized spacial score (nSPS) is 12.8. The van der Waals surface area contributed by atoms with Crippen LogP contribution >= 0.6 is 0 Å². The van der Waals surface area contributed by atoms with Gasteiger partial charge in [0.2, 0.25) is 12.3 Å². The van der Waals surface area contributed by atoms with E-state index < -0.39 is 5.97 Å². The Bertz CT molecular complexity index is 325. The number of aliphatic carboxylic acids is 1. The van der Waals surface area contributed by atoms with Crippen molar-refractivity contribution in [2.75, 3.05) is 13.6 Å². The quantitative estimate of drug-likeness (QED) is 0.486. The predicted molar refractivity (Wildman–Crippen MR) is 62.3 cm³/mol. The van der Waals surface area contributed by atoms with Crippen molar-refractivity contribution in [3.05, 3.63) is 11.6 Å². The molecule has 0 aliphatic carbocycles. The van der Waals surface area contributed by atoms with Crippen LogP contribution in [0.3, 0.4) is 0 Å². The van der Waals surface area contributed by atoms with Crippen molar-refractivity contribution >= 4 is 18.3 Å². The van der Waals surface area contributed by atoms with Crippen LogP contribution in [0.5, 0.6) is 0 Å². The third kappa shape index (κ3) is 5.14. The molecule has 6 nitrogen and oxygen atoms in total. The Kier molecular flexibility index (Phi) is 6.62. The number of carboxylic acid groups (broad SMARTS) is 1. The maximum atomic E-state index is 11.6. The molecule has 0 aromatic rings. The zero-order valence-corrected chi connectivity index (χ0v) is 10.3. The van der Waals surface area contributed by atoms with E-state index in [9.17, 15) is 14.4 Å². The largest absolute Gasteiger partial charge is 0.478 e. The second-order valence-corrected chi connectivity index (χ2v) is 3.63. The molecule has 0 rings (SSSR count). The van der Waals surface area contributed by atoms with Crippen LogP contribution < -0.4 is 5.32 Å². The summed E-state index contributed by atoms with van der Waals surface area (Å²) in [5.74, 6) is -1.27. The summed E-state index contributed by atoms with van der Waals surface area (Å²) in [6.07, 6.45) is 2.58. The summed E-state index contributed by atoms with van der Waals surface area (Å²) >= 11 is 0. The molecule has 0 unspecified atom stereocenters. The lowest BCUT2D eigenvalue weighted by atomic mass is 10.1. The predicted octanol–water partition coefficient (Wildman–Crippen LogP) is 0.000300. The zero-order valence-electron chi connectivity index (χ0n) is 10.3. The highest BCUT2D eigenvalue weighted by molar-refractivity contribution is 5.86. The first-order valence-electron chi connectivity index (χ1n) is 5.28. The molecule has 0 spiro atoms. The molecule has 17 heavy (non-hydrogen) atoms. The highest BCUT2D eigenvalue weighted by Gasteiger charge is 2.17. The van der Waals surface area contributed by atoms with Gasteiger partial charge in [0.05, 0.1) is 12.6 Å². The lowest BCUT2D eigenvalue weighted by Gasteiger charge is -2.25. The minimum atomic E-state index is -1.00. The van der Waals surface area contributed by atoms with Gasteiger partial charge in [0.15, 0.2) is 0 Å². The Morgan fingerprint density at radius 1 is 1.47 bits per heavy atom. The summed E-state index contributed by atoms with van der Waals surface area (Å²) < 4.78 is 0. The molecule has 96 valence electrons. The van der Waals surface area contributed by atoms with Gasteiger partial charge < -0.3 is 15.3 Å². The van der Waals surface area contributed by atoms with Crippen LogP contribution in [0.25, 0.3) is 0 Å². The van der Waals surface area contributed by atoms with Crippen LogP contribution in [-0.4, -0.2) is 47.9 Å². The molecule has 0 saturated heterocycles. The molecule has 0 fully saturated rings. The number of amides is 2. The van der Waals surface area contributed by atoms with Gasteiger partial charge in [-0.05, 0) is 13.3 Å². The highest BCUT2D eigenvalue weighted by Crippen LogP contribution is 2.07. The van der Waals surface area contributed by atoms with Crippen molar-refractivity contribution in [2.45, 2.75) is 26.3 Å². The van der Waals surface area contributed by atoms with E-state index in [-0.39, 0.29) is 24.1 Å². The number of likely N-dealkylation sites (N-methyl/N-ethyl adjacent to an activating group) is 1. The van der Waals surface area contributed by atoms with Gasteiger partial charge in [0, 0.05) is 12.6 Å². The third-order valence-corrected chi connectivity index (χ3v) is 2.43. The summed E-state index contributed by atoms with van der Waals surface area (Å²) in [4.78, 5) is 33.8. The lowest BCUT2D eigenvalue weighted by Crippen LogP contribution is -2.41. The number of nitrogens with zero attached hydrogens (tertiary/aromatic N) is 1. The van der Waals surface area contributed by atoms with Crippen molar-refractivity contribution in [3.8, 4) is 0 Å². The number of hydrogen-bond acceptors (Lipinski definition) is 3. The Morgan fingerprint density at radius 2 is 2.06 bits per heavy atom. The van der Waals surface area contributed by atoms with Crippen molar-refractivity contribution < 1.29 is 19.5 Å². The zero-order chi connectivity index (χ0) is 13.4. The molecule has 0 saturated carbocycles. The summed E-state index contributed by atoms with van der Waals surface area (Å²) in [6.45, 7) is 3.25. The third-order valence-electron chi connectivity index (χ3n) is 2.43. The van der Waals surface area contributed by atoms with Crippen molar-refractivity contribution in [1.29, 1.82) is 0 Å². The number of nitrogens with one attached hydrogen (secondary N) is 1. The molecule has 0 radical (unpaired) electrons. The first kappa shape index (κ1) is 15.2. The number of carbonyl (C=O) groups excluding carboxylic acids is 2. The van der Waals surface area contributed by atoms with Gasteiger partial charge in [0.25, 0.3) is 0 Å². The van der Waals surface area contributed by atoms with Crippen LogP contribution in [0, 0.1) is 0 Å². The lowest BCUT2D eigenvalue weighted by molar-refractivity contribution is -0.133. The molecule has 0 bridgehead atoms. The summed E-state index contributed by atoms with van der Waals surface area (Å²) in [5, 5.41) is 11.0. The average molecular weight is 242 g/mol. The highest BCUT2D eigenvalue weighted by atomic mass is 16.4. The van der Waals surface area contributed by atoms with E-state index in [4.69, 9.17) is 5.11 Å². The Hall–Kier alpha value is -1.85. The van der Waals surface area contributed by atoms with Crippen LogP contribution in [0.2, 0.25) is 0 Å². The van der Waals surface area contributed by atoms with Crippen LogP contribution in [0.1, 0.15) is 20.3 Å². The fraction of sp³-hybridized carbons (Fsp3) is 0.545. The second kappa shape index (κ2) is 7.43. The van der Waals surface area contributed by atoms with E-state index in [0.29, 0.717) is 12.8 Å². The van der Waals surface area contributed by atoms with Gasteiger partial charge in [-0.3, -0.25) is 9.59 Å². The molecule has 0 aliphatic rings. The monoisotopic (exact) mass is 242 g/mol. The summed E-state index contributed by atoms with van der Waals surface area (Å²) in [7, 11) is 1.58. The van der Waals surface area contributed by atoms with E-state index >= 15 is 0 Å². The fourth-order valence-corrected chi connectivity index (χ4v) is 1.30. The fourth-order valence-electron chi connectivity index (χ4n) is 1.30. The van der Waals surface area contributed by atoms with Crippen molar-refractivity contribution in [1.82, 2.24) is 10.2 Å². The van der Waals surface area contributed by atoms with E-state index in [1.165, 1.54) is 17.9 Å². The Labute approximate surface area is 100 Å². The molecular formula is C11H18N2O4. The summed E-state index contributed by atoms with van der Waals surface area (Å²) in [5.41, 5.74) is 0.194. The second-order valence-electron chi connectivity index (χ2n) is 3.63. The molecule has 0 aromatic carbocycles. The topological polar surface area (TPSA) is 86.7 Å². The van der Waals surface area contributed by atoms with Crippen molar-refractivity contribution in [3.63, 3.8) is 0 Å². The van der Waals surface area contributed by atoms with Gasteiger partial charge in [-0.1, -0.05) is 13.0 Å². The number of rotatable bonds is 7. The minimum absolute atomic E-state index is 0.0868. The van der Waals surface area contributed by atoms with E-state index in [0.717, 1.165) is 0 Å². The molecular weight excluding hydrogens is 224 g/mol. The standard InChI is InChI=1S/C11H18N2O4/c1-4-9(5-8(2)11(16)17)13(3)10(15)6-12-7-14/h5,7,9H,4,6H2,1-3H3,(H,12,14)(H,16,17)/b8-5+/t9-/m0/s1. The molecule has 1 atom stereocenters. The van der Waals surface area contributed by atoms with E-state index in [2.05, 4.69) is 5.32 Å².